The lowest BCUT2D eigenvalue weighted by atomic mass is 10.1. The number of nitriles is 1. The lowest BCUT2D eigenvalue weighted by molar-refractivity contribution is 0.0842. The van der Waals surface area contributed by atoms with Crippen molar-refractivity contribution >= 4 is 6.09 Å². The van der Waals surface area contributed by atoms with Gasteiger partial charge in [0.25, 0.3) is 0 Å². The second kappa shape index (κ2) is 9.94. The van der Waals surface area contributed by atoms with E-state index in [0.717, 1.165) is 11.1 Å². The summed E-state index contributed by atoms with van der Waals surface area (Å²) >= 11 is 0. The number of hydrogen-bond donors (Lipinski definition) is 0. The molecule has 1 atom stereocenters. The van der Waals surface area contributed by atoms with Gasteiger partial charge in [0.05, 0.1) is 12.6 Å². The van der Waals surface area contributed by atoms with E-state index in [-0.39, 0.29) is 6.61 Å². The largest absolute Gasteiger partial charge is 0.445 e. The molecular weight excluding hydrogens is 312 g/mol. The number of carbonyl (C=O) groups excluding carboxylic acids is 1. The second-order valence-corrected chi connectivity index (χ2v) is 5.66. The fourth-order valence-electron chi connectivity index (χ4n) is 2.45. The highest BCUT2D eigenvalue weighted by Gasteiger charge is 2.24. The maximum absolute atomic E-state index is 12.6. The van der Waals surface area contributed by atoms with Gasteiger partial charge in [0.1, 0.15) is 12.6 Å². The van der Waals surface area contributed by atoms with Crippen LogP contribution in [0.25, 0.3) is 0 Å². The third kappa shape index (κ3) is 5.82. The highest BCUT2D eigenvalue weighted by atomic mass is 16.6. The van der Waals surface area contributed by atoms with Crippen LogP contribution in [0, 0.1) is 11.3 Å². The van der Waals surface area contributed by atoms with Crippen LogP contribution in [-0.2, 0) is 17.9 Å². The number of carbonyl (C=O) groups is 1. The fourth-order valence-corrected chi connectivity index (χ4v) is 2.45. The van der Waals surface area contributed by atoms with E-state index in [4.69, 9.17) is 4.74 Å². The van der Waals surface area contributed by atoms with E-state index >= 15 is 0 Å². The molecule has 2 aromatic carbocycles. The standard InChI is InChI=1S/C21H22N2O2/c1-2-3-14-20(15-22)23(16-18-10-6-4-7-11-18)21(24)25-17-19-12-8-5-9-13-19/h2,4-13,20H,1,3,14,16-17H2. The number of amides is 1. The summed E-state index contributed by atoms with van der Waals surface area (Å²) in [5, 5.41) is 9.50. The summed E-state index contributed by atoms with van der Waals surface area (Å²) in [4.78, 5) is 14.1. The second-order valence-electron chi connectivity index (χ2n) is 5.66. The molecule has 128 valence electrons. The lowest BCUT2D eigenvalue weighted by Gasteiger charge is -2.26. The molecule has 1 unspecified atom stereocenters. The highest BCUT2D eigenvalue weighted by Crippen LogP contribution is 2.15. The molecule has 0 aromatic heterocycles. The predicted octanol–water partition coefficient (Wildman–Crippen LogP) is 4.68. The average Bonchev–Trinajstić information content (AvgIpc) is 2.67. The molecule has 4 heteroatoms. The van der Waals surface area contributed by atoms with E-state index < -0.39 is 12.1 Å². The van der Waals surface area contributed by atoms with Crippen molar-refractivity contribution in [2.75, 3.05) is 0 Å². The maximum atomic E-state index is 12.6. The fraction of sp³-hybridized carbons (Fsp3) is 0.238. The van der Waals surface area contributed by atoms with Crippen molar-refractivity contribution in [1.29, 1.82) is 5.26 Å². The van der Waals surface area contributed by atoms with Crippen LogP contribution in [0.4, 0.5) is 4.79 Å². The molecule has 0 bridgehead atoms. The summed E-state index contributed by atoms with van der Waals surface area (Å²) in [6, 6.07) is 20.8. The third-order valence-electron chi connectivity index (χ3n) is 3.80. The van der Waals surface area contributed by atoms with Gasteiger partial charge in [-0.25, -0.2) is 4.79 Å². The molecule has 0 heterocycles. The Kier molecular flexibility index (Phi) is 7.27. The van der Waals surface area contributed by atoms with Crippen LogP contribution in [-0.4, -0.2) is 17.0 Å². The molecule has 4 nitrogen and oxygen atoms in total. The summed E-state index contributed by atoms with van der Waals surface area (Å²) in [7, 11) is 0. The Morgan fingerprint density at radius 3 is 2.28 bits per heavy atom. The molecule has 1 amide bonds. The summed E-state index contributed by atoms with van der Waals surface area (Å²) in [5.74, 6) is 0. The van der Waals surface area contributed by atoms with E-state index in [1.807, 2.05) is 60.7 Å². The molecule has 0 N–H and O–H groups in total. The van der Waals surface area contributed by atoms with Crippen molar-refractivity contribution in [2.24, 2.45) is 0 Å². The number of ether oxygens (including phenoxy) is 1. The van der Waals surface area contributed by atoms with E-state index in [2.05, 4.69) is 12.6 Å². The van der Waals surface area contributed by atoms with Crippen LogP contribution < -0.4 is 0 Å². The Morgan fingerprint density at radius 1 is 1.12 bits per heavy atom. The van der Waals surface area contributed by atoms with Gasteiger partial charge in [-0.15, -0.1) is 6.58 Å². The Balaban J connectivity index is 2.10. The molecule has 0 spiro atoms. The lowest BCUT2D eigenvalue weighted by Crippen LogP contribution is -2.39. The van der Waals surface area contributed by atoms with Gasteiger partial charge < -0.3 is 4.74 Å². The van der Waals surface area contributed by atoms with Gasteiger partial charge in [0, 0.05) is 0 Å². The Labute approximate surface area is 149 Å². The SMILES string of the molecule is C=CCCC(C#N)N(Cc1ccccc1)C(=O)OCc1ccccc1. The van der Waals surface area contributed by atoms with Gasteiger partial charge >= 0.3 is 6.09 Å². The summed E-state index contributed by atoms with van der Waals surface area (Å²) in [5.41, 5.74) is 1.87. The van der Waals surface area contributed by atoms with Gasteiger partial charge in [-0.3, -0.25) is 4.90 Å². The van der Waals surface area contributed by atoms with Gasteiger partial charge in [0.15, 0.2) is 0 Å². The molecule has 25 heavy (non-hydrogen) atoms. The zero-order chi connectivity index (χ0) is 17.9. The first-order valence-corrected chi connectivity index (χ1v) is 8.26. The van der Waals surface area contributed by atoms with Gasteiger partial charge in [-0.2, -0.15) is 5.26 Å². The number of nitrogens with zero attached hydrogens (tertiary/aromatic N) is 2. The zero-order valence-electron chi connectivity index (χ0n) is 14.2. The number of allylic oxidation sites excluding steroid dienone is 1. The molecular formula is C21H22N2O2. The van der Waals surface area contributed by atoms with Crippen molar-refractivity contribution in [1.82, 2.24) is 4.90 Å². The number of hydrogen-bond acceptors (Lipinski definition) is 3. The van der Waals surface area contributed by atoms with Crippen LogP contribution in [0.15, 0.2) is 73.3 Å². The molecule has 0 saturated carbocycles. The van der Waals surface area contributed by atoms with Crippen molar-refractivity contribution in [3.63, 3.8) is 0 Å². The summed E-state index contributed by atoms with van der Waals surface area (Å²) < 4.78 is 5.44. The van der Waals surface area contributed by atoms with E-state index in [1.54, 1.807) is 6.08 Å². The van der Waals surface area contributed by atoms with Gasteiger partial charge in [-0.1, -0.05) is 66.7 Å². The van der Waals surface area contributed by atoms with Gasteiger partial charge in [-0.05, 0) is 24.0 Å². The Hall–Kier alpha value is -3.06. The molecule has 0 radical (unpaired) electrons. The first kappa shape index (κ1) is 18.3. The first-order chi connectivity index (χ1) is 12.2. The minimum Gasteiger partial charge on any atom is -0.445 e. The molecule has 0 fully saturated rings. The average molecular weight is 334 g/mol. The minimum atomic E-state index is -0.554. The predicted molar refractivity (Wildman–Crippen MR) is 97.4 cm³/mol. The minimum absolute atomic E-state index is 0.185. The van der Waals surface area contributed by atoms with Crippen molar-refractivity contribution in [2.45, 2.75) is 32.0 Å². The van der Waals surface area contributed by atoms with E-state index in [0.29, 0.717) is 19.4 Å². The maximum Gasteiger partial charge on any atom is 0.411 e. The molecule has 0 aliphatic heterocycles. The molecule has 2 rings (SSSR count). The topological polar surface area (TPSA) is 53.3 Å². The number of benzene rings is 2. The van der Waals surface area contributed by atoms with Crippen LogP contribution in [0.2, 0.25) is 0 Å². The molecule has 0 saturated heterocycles. The van der Waals surface area contributed by atoms with Crippen LogP contribution in [0.1, 0.15) is 24.0 Å². The van der Waals surface area contributed by atoms with Crippen LogP contribution in [0.5, 0.6) is 0 Å². The highest BCUT2D eigenvalue weighted by molar-refractivity contribution is 5.68. The smallest absolute Gasteiger partial charge is 0.411 e. The summed E-state index contributed by atoms with van der Waals surface area (Å²) in [6.45, 7) is 4.21. The first-order valence-electron chi connectivity index (χ1n) is 8.26. The van der Waals surface area contributed by atoms with E-state index in [1.165, 1.54) is 4.90 Å². The Morgan fingerprint density at radius 2 is 1.72 bits per heavy atom. The van der Waals surface area contributed by atoms with Crippen molar-refractivity contribution in [3.8, 4) is 6.07 Å². The molecule has 0 aliphatic carbocycles. The molecule has 0 aliphatic rings. The Bertz CT molecular complexity index is 708. The molecule has 2 aromatic rings. The normalized spacial score (nSPS) is 11.2. The summed E-state index contributed by atoms with van der Waals surface area (Å²) in [6.07, 6.45) is 2.46. The van der Waals surface area contributed by atoms with Crippen molar-refractivity contribution < 1.29 is 9.53 Å². The quantitative estimate of drug-likeness (QED) is 0.658. The van der Waals surface area contributed by atoms with Gasteiger partial charge in [0.2, 0.25) is 0 Å². The zero-order valence-corrected chi connectivity index (χ0v) is 14.2. The van der Waals surface area contributed by atoms with Crippen molar-refractivity contribution in [3.05, 3.63) is 84.4 Å². The van der Waals surface area contributed by atoms with Crippen LogP contribution >= 0.6 is 0 Å². The number of rotatable bonds is 8. The van der Waals surface area contributed by atoms with Crippen LogP contribution in [0.3, 0.4) is 0 Å². The third-order valence-corrected chi connectivity index (χ3v) is 3.80. The van der Waals surface area contributed by atoms with E-state index in [9.17, 15) is 10.1 Å². The monoisotopic (exact) mass is 334 g/mol.